The molecule has 326 valence electrons. The predicted molar refractivity (Wildman–Crippen MR) is 272 cm³/mol. The van der Waals surface area contributed by atoms with Gasteiger partial charge in [-0.15, -0.1) is 0 Å². The summed E-state index contributed by atoms with van der Waals surface area (Å²) in [6, 6.07) is 21.2. The molecule has 0 atom stereocenters. The molecule has 0 saturated heterocycles. The fourth-order valence-corrected chi connectivity index (χ4v) is 8.03. The number of fused-ring (bicyclic) bond motifs is 1. The maximum atomic E-state index is 12.4. The van der Waals surface area contributed by atoms with Crippen LogP contribution in [-0.4, -0.2) is 19.6 Å². The number of hydrogen-bond acceptors (Lipinski definition) is 3. The summed E-state index contributed by atoms with van der Waals surface area (Å²) in [5, 5.41) is 12.4. The normalized spacial score (nSPS) is 16.2. The fourth-order valence-electron chi connectivity index (χ4n) is 8.03. The Kier molecular flexibility index (Phi) is 7.93. The van der Waals surface area contributed by atoms with Gasteiger partial charge in [0.15, 0.2) is 0 Å². The molecule has 0 radical (unpaired) electrons. The molecule has 8 rings (SSSR count). The third-order valence-corrected chi connectivity index (χ3v) is 11.9. The average Bonchev–Trinajstić information content (AvgIpc) is 3.81. The van der Waals surface area contributed by atoms with Gasteiger partial charge in [-0.25, -0.2) is 4.98 Å². The Morgan fingerprint density at radius 2 is 1.36 bits per heavy atom. The SMILES string of the molecule is [2H]c1nc(-c2cc(-c3cccc4c3nc(-c3cc(C(C)C)cc(C(C)C)c3O)n4-c3ccc(-c4cc(C([2H])(C)C)cc(C([2H])(C)C)c4)cc3C([2H])([2H])[2H])cc(C(C)(C)C)c2)c([2H])c(-c2c([2H])c([2H])c(C([2H])([2H])[2H])c([2H])c2[2H])c1[2H]. The zero-order chi connectivity index (χ0) is 58.7. The van der Waals surface area contributed by atoms with E-state index in [9.17, 15) is 6.48 Å². The van der Waals surface area contributed by atoms with Gasteiger partial charge >= 0.3 is 0 Å². The van der Waals surface area contributed by atoms with Gasteiger partial charge in [0.25, 0.3) is 0 Å². The Bertz CT molecular complexity index is 3690. The maximum absolute atomic E-state index is 12.4. The van der Waals surface area contributed by atoms with E-state index in [-0.39, 0.29) is 40.4 Å². The number of imidazole rings is 1. The highest BCUT2D eigenvalue weighted by Gasteiger charge is 2.25. The van der Waals surface area contributed by atoms with Crippen LogP contribution >= 0.6 is 0 Å². The van der Waals surface area contributed by atoms with E-state index >= 15 is 0 Å². The van der Waals surface area contributed by atoms with Crippen molar-refractivity contribution in [1.29, 1.82) is 0 Å². The van der Waals surface area contributed by atoms with Crippen molar-refractivity contribution >= 4 is 11.0 Å². The summed E-state index contributed by atoms with van der Waals surface area (Å²) in [7, 11) is 0. The molecule has 0 unspecified atom stereocenters. The topological polar surface area (TPSA) is 50.9 Å². The zero-order valence-electron chi connectivity index (χ0n) is 53.5. The Labute approximate surface area is 403 Å². The number of aromatic nitrogens is 3. The van der Waals surface area contributed by atoms with Crippen LogP contribution in [0.15, 0.2) is 127 Å². The molecule has 2 aromatic heterocycles. The number of benzene rings is 6. The maximum Gasteiger partial charge on any atom is 0.149 e. The second-order valence-electron chi connectivity index (χ2n) is 18.8. The molecule has 0 fully saturated rings. The fraction of sp³-hybridized carbons (Fsp3) is 0.300. The number of rotatable bonds is 10. The summed E-state index contributed by atoms with van der Waals surface area (Å²) in [6.07, 6.45) is -0.625. The highest BCUT2D eigenvalue weighted by atomic mass is 16.3. The first-order chi connectivity index (χ1) is 36.3. The second kappa shape index (κ2) is 17.4. The Morgan fingerprint density at radius 1 is 0.641 bits per heavy atom. The van der Waals surface area contributed by atoms with Crippen molar-refractivity contribution in [2.45, 2.75) is 119 Å². The molecule has 4 nitrogen and oxygen atoms in total. The van der Waals surface area contributed by atoms with Crippen LogP contribution in [0, 0.1) is 13.7 Å². The first-order valence-electron chi connectivity index (χ1n) is 29.3. The monoisotopic (exact) mass is 859 g/mol. The van der Waals surface area contributed by atoms with E-state index in [1.54, 1.807) is 56.5 Å². The van der Waals surface area contributed by atoms with E-state index in [1.165, 1.54) is 0 Å². The summed E-state index contributed by atoms with van der Waals surface area (Å²) < 4.78 is 133. The molecule has 0 amide bonds. The lowest BCUT2D eigenvalue weighted by molar-refractivity contribution is 0.466. The quantitative estimate of drug-likeness (QED) is 0.149. The van der Waals surface area contributed by atoms with Crippen molar-refractivity contribution in [1.82, 2.24) is 14.5 Å². The van der Waals surface area contributed by atoms with Crippen LogP contribution in [0.25, 0.3) is 72.7 Å². The third kappa shape index (κ3) is 8.68. The molecule has 6 aromatic carbocycles. The number of aromatic hydroxyl groups is 1. The van der Waals surface area contributed by atoms with Crippen molar-refractivity contribution in [2.24, 2.45) is 0 Å². The molecular weight excluding hydrogens is 779 g/mol. The summed E-state index contributed by atoms with van der Waals surface area (Å²) in [5.41, 5.74) is 5.32. The third-order valence-electron chi connectivity index (χ3n) is 11.9. The van der Waals surface area contributed by atoms with E-state index in [2.05, 4.69) is 4.98 Å². The van der Waals surface area contributed by atoms with Crippen molar-refractivity contribution in [3.05, 3.63) is 166 Å². The van der Waals surface area contributed by atoms with Gasteiger partial charge in [0.05, 0.1) is 37.6 Å². The highest BCUT2D eigenvalue weighted by molar-refractivity contribution is 5.97. The molecule has 0 bridgehead atoms. The van der Waals surface area contributed by atoms with Crippen molar-refractivity contribution in [3.63, 3.8) is 0 Å². The predicted octanol–water partition coefficient (Wildman–Crippen LogP) is 16.9. The van der Waals surface area contributed by atoms with Gasteiger partial charge in [0, 0.05) is 28.3 Å². The molecule has 0 aliphatic carbocycles. The van der Waals surface area contributed by atoms with Crippen LogP contribution in [0.2, 0.25) is 0 Å². The standard InChI is InChI=1S/C60H65N3O/c1-35(2)44-26-45(36(3)4)28-47(27-44)42-21-22-55(40(10)25-42)63-56-16-14-15-51(57(56)62-59(63)53-33-46(37(5)6)32-52(38(7)8)58(53)64)48-29-49(31-50(30-48)60(11,12)13)54-34-43(23-24-61-54)41-19-17-39(9)18-20-41/h14-38,64H,1-13H3/i9D3,10D3,17D,18D,19D,20D,23D,24D,34D,35D,36D. The summed E-state index contributed by atoms with van der Waals surface area (Å²) in [6.45, 7) is 15.4. The largest absolute Gasteiger partial charge is 0.507 e. The molecule has 0 aliphatic heterocycles. The van der Waals surface area contributed by atoms with Crippen molar-refractivity contribution in [3.8, 4) is 67.5 Å². The van der Waals surface area contributed by atoms with Crippen molar-refractivity contribution in [2.75, 3.05) is 0 Å². The molecule has 8 aromatic rings. The lowest BCUT2D eigenvalue weighted by Crippen LogP contribution is -2.11. The molecule has 0 aliphatic rings. The van der Waals surface area contributed by atoms with Gasteiger partial charge in [-0.05, 0) is 152 Å². The van der Waals surface area contributed by atoms with Crippen LogP contribution in [0.4, 0.5) is 0 Å². The smallest absolute Gasteiger partial charge is 0.149 e. The van der Waals surface area contributed by atoms with Gasteiger partial charge in [0.1, 0.15) is 11.6 Å². The minimum Gasteiger partial charge on any atom is -0.507 e. The van der Waals surface area contributed by atoms with E-state index in [4.69, 9.17) is 24.2 Å². The van der Waals surface area contributed by atoms with Crippen LogP contribution in [0.3, 0.4) is 0 Å². The van der Waals surface area contributed by atoms with E-state index in [0.717, 1.165) is 11.1 Å². The molecule has 0 spiro atoms. The van der Waals surface area contributed by atoms with E-state index in [0.29, 0.717) is 61.1 Å². The molecule has 1 N–H and O–H groups in total. The van der Waals surface area contributed by atoms with Crippen LogP contribution in [-0.2, 0) is 5.41 Å². The molecular formula is C60H65N3O. The first-order valence-corrected chi connectivity index (χ1v) is 21.8. The summed E-state index contributed by atoms with van der Waals surface area (Å²) in [4.78, 5) is 9.81. The lowest BCUT2D eigenvalue weighted by atomic mass is 9.83. The van der Waals surface area contributed by atoms with Gasteiger partial charge in [-0.3, -0.25) is 9.55 Å². The summed E-state index contributed by atoms with van der Waals surface area (Å²) >= 11 is 0. The number of para-hydroxylation sites is 1. The summed E-state index contributed by atoms with van der Waals surface area (Å²) in [5.74, 6) is -1.94. The minimum absolute atomic E-state index is 0.0190. The highest BCUT2D eigenvalue weighted by Crippen LogP contribution is 2.44. The minimum atomic E-state index is -3.00. The number of phenols is 1. The number of hydrogen-bond donors (Lipinski definition) is 1. The molecule has 0 saturated carbocycles. The Hall–Kier alpha value is -6.26. The van der Waals surface area contributed by atoms with Crippen molar-refractivity contribution < 1.29 is 25.7 Å². The average molecular weight is 859 g/mol. The number of nitrogens with zero attached hydrogens (tertiary/aromatic N) is 3. The van der Waals surface area contributed by atoms with E-state index in [1.807, 2.05) is 109 Å². The number of phenolic OH excluding ortho intramolecular Hbond substituents is 1. The molecule has 2 heterocycles. The zero-order valence-corrected chi connectivity index (χ0v) is 38.5. The number of pyridine rings is 1. The van der Waals surface area contributed by atoms with Gasteiger partial charge in [0.2, 0.25) is 0 Å². The van der Waals surface area contributed by atoms with Gasteiger partial charge in [-0.1, -0.05) is 154 Å². The second-order valence-corrected chi connectivity index (χ2v) is 18.8. The molecule has 4 heteroatoms. The Morgan fingerprint density at radius 3 is 2.00 bits per heavy atom. The van der Waals surface area contributed by atoms with Gasteiger partial charge < -0.3 is 5.11 Å². The van der Waals surface area contributed by atoms with Crippen LogP contribution < -0.4 is 0 Å². The van der Waals surface area contributed by atoms with Crippen LogP contribution in [0.1, 0.15) is 159 Å². The van der Waals surface area contributed by atoms with E-state index < -0.39 is 90.0 Å². The lowest BCUT2D eigenvalue weighted by Gasteiger charge is -2.22. The van der Waals surface area contributed by atoms with Gasteiger partial charge in [-0.2, -0.15) is 0 Å². The first kappa shape index (κ1) is 29.2. The Balaban J connectivity index is 1.46. The number of aryl methyl sites for hydroxylation is 1. The van der Waals surface area contributed by atoms with Crippen LogP contribution in [0.5, 0.6) is 5.75 Å². The molecule has 64 heavy (non-hydrogen) atoms.